The highest BCUT2D eigenvalue weighted by Crippen LogP contribution is 2.27. The van der Waals surface area contributed by atoms with Crippen molar-refractivity contribution in [3.8, 4) is 0 Å². The fourth-order valence-electron chi connectivity index (χ4n) is 6.24. The van der Waals surface area contributed by atoms with Gasteiger partial charge in [-0.3, -0.25) is 0 Å². The van der Waals surface area contributed by atoms with Crippen LogP contribution in [-0.4, -0.2) is 19.9 Å². The van der Waals surface area contributed by atoms with Crippen molar-refractivity contribution in [2.75, 3.05) is 24.8 Å². The Morgan fingerprint density at radius 2 is 0.897 bits per heavy atom. The van der Waals surface area contributed by atoms with Gasteiger partial charge in [-0.2, -0.15) is 0 Å². The average molecular weight is 542 g/mol. The quantitative estimate of drug-likeness (QED) is 0.0935. The summed E-state index contributed by atoms with van der Waals surface area (Å²) in [6, 6.07) is 8.76. The fourth-order valence-corrected chi connectivity index (χ4v) is 6.24. The van der Waals surface area contributed by atoms with Crippen LogP contribution in [0.4, 0.5) is 5.69 Å². The molecule has 0 amide bonds. The zero-order valence-corrected chi connectivity index (χ0v) is 26.4. The summed E-state index contributed by atoms with van der Waals surface area (Å²) < 4.78 is 5.96. The van der Waals surface area contributed by atoms with E-state index in [-0.39, 0.29) is 0 Å². The molecule has 1 aliphatic heterocycles. The molecule has 1 aromatic rings. The molecule has 2 nitrogen and oxygen atoms in total. The van der Waals surface area contributed by atoms with E-state index < -0.39 is 0 Å². The molecule has 0 fully saturated rings. The molecule has 39 heavy (non-hydrogen) atoms. The molecule has 1 heterocycles. The lowest BCUT2D eigenvalue weighted by Gasteiger charge is -2.19. The Hall–Kier alpha value is -1.02. The standard InChI is InChI=1S/C37H67NO/c1-2-3-4-5-6-7-8-9-10-11-12-13-14-15-16-17-18-19-20-21-22-23-24-25-26-29-34-39-35-38-33-32-36-30-27-28-31-37(36)38/h27-28,30-31H,2-26,29,32-35H2,1H3. The van der Waals surface area contributed by atoms with E-state index in [1.165, 1.54) is 185 Å². The lowest BCUT2D eigenvalue weighted by atomic mass is 10.0. The van der Waals surface area contributed by atoms with Crippen LogP contribution in [0.2, 0.25) is 0 Å². The molecule has 0 aliphatic carbocycles. The van der Waals surface area contributed by atoms with Gasteiger partial charge in [-0.05, 0) is 24.5 Å². The van der Waals surface area contributed by atoms with E-state index in [1.807, 2.05) is 0 Å². The van der Waals surface area contributed by atoms with Gasteiger partial charge in [0.15, 0.2) is 0 Å². The van der Waals surface area contributed by atoms with Crippen molar-refractivity contribution in [1.82, 2.24) is 0 Å². The summed E-state index contributed by atoms with van der Waals surface area (Å²) >= 11 is 0. The summed E-state index contributed by atoms with van der Waals surface area (Å²) in [7, 11) is 0. The number of hydrogen-bond acceptors (Lipinski definition) is 2. The van der Waals surface area contributed by atoms with Crippen LogP contribution >= 0.6 is 0 Å². The maximum Gasteiger partial charge on any atom is 0.118 e. The number of fused-ring (bicyclic) bond motifs is 1. The number of anilines is 1. The van der Waals surface area contributed by atoms with Gasteiger partial charge in [-0.25, -0.2) is 0 Å². The zero-order valence-electron chi connectivity index (χ0n) is 26.4. The van der Waals surface area contributed by atoms with Crippen LogP contribution in [-0.2, 0) is 11.2 Å². The van der Waals surface area contributed by atoms with E-state index in [1.54, 1.807) is 0 Å². The van der Waals surface area contributed by atoms with Gasteiger partial charge >= 0.3 is 0 Å². The summed E-state index contributed by atoms with van der Waals surface area (Å²) in [6.07, 6.45) is 38.8. The summed E-state index contributed by atoms with van der Waals surface area (Å²) in [5.41, 5.74) is 2.85. The number of nitrogens with zero attached hydrogens (tertiary/aromatic N) is 1. The number of rotatable bonds is 29. The van der Waals surface area contributed by atoms with Crippen molar-refractivity contribution in [3.63, 3.8) is 0 Å². The smallest absolute Gasteiger partial charge is 0.118 e. The minimum Gasteiger partial charge on any atom is -0.361 e. The first-order chi connectivity index (χ1) is 19.4. The summed E-state index contributed by atoms with van der Waals surface area (Å²) in [4.78, 5) is 2.38. The van der Waals surface area contributed by atoms with Gasteiger partial charge in [-0.15, -0.1) is 0 Å². The van der Waals surface area contributed by atoms with Crippen LogP contribution in [0.15, 0.2) is 24.3 Å². The first-order valence-corrected chi connectivity index (χ1v) is 17.8. The molecule has 0 aromatic heterocycles. The van der Waals surface area contributed by atoms with Crippen molar-refractivity contribution in [3.05, 3.63) is 29.8 Å². The van der Waals surface area contributed by atoms with Gasteiger partial charge in [0.2, 0.25) is 0 Å². The second-order valence-electron chi connectivity index (χ2n) is 12.5. The number of para-hydroxylation sites is 1. The molecule has 1 aliphatic rings. The van der Waals surface area contributed by atoms with Crippen molar-refractivity contribution in [1.29, 1.82) is 0 Å². The van der Waals surface area contributed by atoms with E-state index in [9.17, 15) is 0 Å². The normalized spacial score (nSPS) is 12.9. The van der Waals surface area contributed by atoms with Gasteiger partial charge in [-0.1, -0.05) is 186 Å². The highest BCUT2D eigenvalue weighted by Gasteiger charge is 2.17. The third-order valence-corrected chi connectivity index (χ3v) is 8.87. The summed E-state index contributed by atoms with van der Waals surface area (Å²) in [6.45, 7) is 5.09. The molecule has 0 saturated heterocycles. The third kappa shape index (κ3) is 18.9. The molecule has 0 atom stereocenters. The second kappa shape index (κ2) is 25.9. The first kappa shape index (κ1) is 34.2. The predicted molar refractivity (Wildman–Crippen MR) is 174 cm³/mol. The van der Waals surface area contributed by atoms with Crippen molar-refractivity contribution < 1.29 is 4.74 Å². The fraction of sp³-hybridized carbons (Fsp3) is 0.838. The molecule has 2 rings (SSSR count). The Labute approximate surface area is 245 Å². The first-order valence-electron chi connectivity index (χ1n) is 17.8. The Kier molecular flexibility index (Phi) is 22.7. The molecule has 1 aromatic carbocycles. The monoisotopic (exact) mass is 542 g/mol. The Morgan fingerprint density at radius 1 is 0.513 bits per heavy atom. The molecule has 0 unspecified atom stereocenters. The van der Waals surface area contributed by atoms with E-state index >= 15 is 0 Å². The van der Waals surface area contributed by atoms with Crippen LogP contribution in [0.5, 0.6) is 0 Å². The maximum absolute atomic E-state index is 5.96. The minimum absolute atomic E-state index is 0.760. The topological polar surface area (TPSA) is 12.5 Å². The Morgan fingerprint density at radius 3 is 1.33 bits per heavy atom. The van der Waals surface area contributed by atoms with Crippen LogP contribution in [0, 0.1) is 0 Å². The van der Waals surface area contributed by atoms with E-state index in [2.05, 4.69) is 36.1 Å². The summed E-state index contributed by atoms with van der Waals surface area (Å²) in [5, 5.41) is 0. The van der Waals surface area contributed by atoms with E-state index in [0.717, 1.165) is 19.9 Å². The highest BCUT2D eigenvalue weighted by molar-refractivity contribution is 5.57. The van der Waals surface area contributed by atoms with Gasteiger partial charge in [0, 0.05) is 18.8 Å². The molecular weight excluding hydrogens is 474 g/mol. The lowest BCUT2D eigenvalue weighted by molar-refractivity contribution is 0.131. The van der Waals surface area contributed by atoms with Crippen molar-refractivity contribution >= 4 is 5.69 Å². The zero-order chi connectivity index (χ0) is 27.5. The molecule has 226 valence electrons. The van der Waals surface area contributed by atoms with Gasteiger partial charge < -0.3 is 9.64 Å². The largest absolute Gasteiger partial charge is 0.361 e. The molecule has 2 heteroatoms. The van der Waals surface area contributed by atoms with Crippen LogP contribution < -0.4 is 4.90 Å². The Balaban J connectivity index is 1.18. The predicted octanol–water partition coefficient (Wildman–Crippen LogP) is 12.2. The molecular formula is C37H67NO. The molecule has 0 spiro atoms. The van der Waals surface area contributed by atoms with Gasteiger partial charge in [0.1, 0.15) is 6.73 Å². The van der Waals surface area contributed by atoms with E-state index in [0.29, 0.717) is 0 Å². The van der Waals surface area contributed by atoms with Crippen LogP contribution in [0.1, 0.15) is 179 Å². The third-order valence-electron chi connectivity index (χ3n) is 8.87. The molecule has 0 N–H and O–H groups in total. The van der Waals surface area contributed by atoms with Crippen LogP contribution in [0.25, 0.3) is 0 Å². The summed E-state index contributed by atoms with van der Waals surface area (Å²) in [5.74, 6) is 0. The minimum atomic E-state index is 0.760. The van der Waals surface area contributed by atoms with Gasteiger partial charge in [0.25, 0.3) is 0 Å². The van der Waals surface area contributed by atoms with Gasteiger partial charge in [0.05, 0.1) is 0 Å². The average Bonchev–Trinajstić information content (AvgIpc) is 3.37. The molecule has 0 bridgehead atoms. The van der Waals surface area contributed by atoms with Crippen molar-refractivity contribution in [2.45, 2.75) is 180 Å². The molecule has 0 saturated carbocycles. The second-order valence-corrected chi connectivity index (χ2v) is 12.5. The maximum atomic E-state index is 5.96. The number of ether oxygens (including phenoxy) is 1. The number of unbranched alkanes of at least 4 members (excludes halogenated alkanes) is 25. The number of benzene rings is 1. The van der Waals surface area contributed by atoms with E-state index in [4.69, 9.17) is 4.74 Å². The lowest BCUT2D eigenvalue weighted by Crippen LogP contribution is -2.24. The SMILES string of the molecule is CCCCCCCCCCCCCCCCCCCCCCCCCCCCOCN1CCc2ccccc21. The van der Waals surface area contributed by atoms with Crippen molar-refractivity contribution in [2.24, 2.45) is 0 Å². The molecule has 0 radical (unpaired) electrons. The van der Waals surface area contributed by atoms with Crippen LogP contribution in [0.3, 0.4) is 0 Å². The number of hydrogen-bond donors (Lipinski definition) is 0. The highest BCUT2D eigenvalue weighted by atomic mass is 16.5. The Bertz CT molecular complexity index is 644.